The number of hydrogen-bond acceptors (Lipinski definition) is 1. The molecule has 0 spiro atoms. The quantitative estimate of drug-likeness (QED) is 0.584. The Morgan fingerprint density at radius 1 is 1.50 bits per heavy atom. The van der Waals surface area contributed by atoms with Gasteiger partial charge in [0.2, 0.25) is 5.91 Å². The Balaban J connectivity index is 2.43. The van der Waals surface area contributed by atoms with Crippen LogP contribution in [0.3, 0.4) is 0 Å². The molecule has 57 valence electrons. The molecule has 1 fully saturated rings. The molecule has 1 aliphatic carbocycles. The topological polar surface area (TPSA) is 29.1 Å². The summed E-state index contributed by atoms with van der Waals surface area (Å²) in [7, 11) is 0. The fourth-order valence-corrected chi connectivity index (χ4v) is 1.55. The lowest BCUT2D eigenvalue weighted by Crippen LogP contribution is -2.42. The van der Waals surface area contributed by atoms with Crippen molar-refractivity contribution in [1.29, 1.82) is 0 Å². The van der Waals surface area contributed by atoms with Crippen LogP contribution in [0.4, 0.5) is 0 Å². The monoisotopic (exact) mass is 140 g/mol. The highest BCUT2D eigenvalue weighted by Crippen LogP contribution is 2.28. The van der Waals surface area contributed by atoms with E-state index in [0.29, 0.717) is 0 Å². The van der Waals surface area contributed by atoms with E-state index in [1.807, 2.05) is 0 Å². The third-order valence-corrected chi connectivity index (χ3v) is 2.00. The van der Waals surface area contributed by atoms with Gasteiger partial charge in [0.15, 0.2) is 0 Å². The Labute approximate surface area is 62.0 Å². The van der Waals surface area contributed by atoms with Crippen LogP contribution in [0.2, 0.25) is 0 Å². The Hall–Kier alpha value is -0.530. The minimum atomic E-state index is -0.133. The van der Waals surface area contributed by atoms with Gasteiger partial charge < -0.3 is 5.32 Å². The minimum Gasteiger partial charge on any atom is -0.351 e. The second kappa shape index (κ2) is 2.60. The average Bonchev–Trinajstić information content (AvgIpc) is 2.12. The first kappa shape index (κ1) is 7.58. The van der Waals surface area contributed by atoms with Crippen molar-refractivity contribution in [1.82, 2.24) is 5.32 Å². The van der Waals surface area contributed by atoms with Crippen molar-refractivity contribution in [2.75, 3.05) is 0 Å². The zero-order valence-corrected chi connectivity index (χ0v) is 6.44. The molecule has 0 unspecified atom stereocenters. The molecule has 0 aliphatic heterocycles. The third-order valence-electron chi connectivity index (χ3n) is 2.00. The van der Waals surface area contributed by atoms with Crippen LogP contribution >= 0.6 is 0 Å². The predicted molar refractivity (Wildman–Crippen MR) is 40.4 cm³/mol. The highest BCUT2D eigenvalue weighted by atomic mass is 16.1. The standard InChI is InChI=1S/C8H14NO/c1-7(10)9-8(2)5-3-4-6-8/h2-6H2,1H3,(H,9,10). The molecule has 10 heavy (non-hydrogen) atoms. The Morgan fingerprint density at radius 2 is 2.00 bits per heavy atom. The summed E-state index contributed by atoms with van der Waals surface area (Å²) in [5.41, 5.74) is -0.133. The molecule has 0 saturated heterocycles. The van der Waals surface area contributed by atoms with Crippen LogP contribution in [0, 0.1) is 6.92 Å². The second-order valence-electron chi connectivity index (χ2n) is 3.17. The highest BCUT2D eigenvalue weighted by molar-refractivity contribution is 5.74. The summed E-state index contributed by atoms with van der Waals surface area (Å²) in [4.78, 5) is 10.7. The number of rotatable bonds is 1. The fourth-order valence-electron chi connectivity index (χ4n) is 1.55. The van der Waals surface area contributed by atoms with Gasteiger partial charge in [-0.1, -0.05) is 12.8 Å². The van der Waals surface area contributed by atoms with Crippen molar-refractivity contribution < 1.29 is 4.79 Å². The SMILES string of the molecule is [CH2]C1(NC(C)=O)CCCC1. The molecular weight excluding hydrogens is 126 g/mol. The lowest BCUT2D eigenvalue weighted by molar-refractivity contribution is -0.120. The molecule has 0 bridgehead atoms. The molecule has 0 heterocycles. The van der Waals surface area contributed by atoms with Crippen molar-refractivity contribution in [3.05, 3.63) is 6.92 Å². The molecule has 1 radical (unpaired) electrons. The average molecular weight is 140 g/mol. The summed E-state index contributed by atoms with van der Waals surface area (Å²) >= 11 is 0. The van der Waals surface area contributed by atoms with E-state index in [-0.39, 0.29) is 11.4 Å². The molecule has 2 heteroatoms. The van der Waals surface area contributed by atoms with Gasteiger partial charge in [0.05, 0.1) is 0 Å². The van der Waals surface area contributed by atoms with E-state index in [1.54, 1.807) is 6.92 Å². The van der Waals surface area contributed by atoms with Crippen LogP contribution in [0.5, 0.6) is 0 Å². The van der Waals surface area contributed by atoms with Gasteiger partial charge in [0.1, 0.15) is 0 Å². The van der Waals surface area contributed by atoms with Crippen molar-refractivity contribution in [2.24, 2.45) is 0 Å². The summed E-state index contributed by atoms with van der Waals surface area (Å²) in [5, 5.41) is 2.87. The molecule has 0 atom stereocenters. The van der Waals surface area contributed by atoms with Gasteiger partial charge in [-0.05, 0) is 19.8 Å². The molecule has 1 saturated carbocycles. The van der Waals surface area contributed by atoms with Crippen molar-refractivity contribution in [2.45, 2.75) is 38.1 Å². The normalized spacial score (nSPS) is 22.6. The van der Waals surface area contributed by atoms with Gasteiger partial charge in [-0.2, -0.15) is 0 Å². The van der Waals surface area contributed by atoms with Crippen LogP contribution in [0.15, 0.2) is 0 Å². The number of carbonyl (C=O) groups is 1. The Morgan fingerprint density at radius 3 is 2.40 bits per heavy atom. The summed E-state index contributed by atoms with van der Waals surface area (Å²) in [6, 6.07) is 0. The Kier molecular flexibility index (Phi) is 1.97. The van der Waals surface area contributed by atoms with Crippen molar-refractivity contribution in [3.63, 3.8) is 0 Å². The zero-order chi connectivity index (χ0) is 7.61. The summed E-state index contributed by atoms with van der Waals surface area (Å²) in [6.07, 6.45) is 4.46. The molecule has 1 rings (SSSR count). The van der Waals surface area contributed by atoms with E-state index in [0.717, 1.165) is 12.8 Å². The number of amides is 1. The fraction of sp³-hybridized carbons (Fsp3) is 0.750. The number of nitrogens with one attached hydrogen (secondary N) is 1. The maximum Gasteiger partial charge on any atom is 0.217 e. The predicted octanol–water partition coefficient (Wildman–Crippen LogP) is 1.27. The molecule has 1 amide bonds. The van der Waals surface area contributed by atoms with E-state index >= 15 is 0 Å². The highest BCUT2D eigenvalue weighted by Gasteiger charge is 2.28. The molecular formula is C8H14NO. The van der Waals surface area contributed by atoms with Gasteiger partial charge in [0.25, 0.3) is 0 Å². The summed E-state index contributed by atoms with van der Waals surface area (Å²) in [6.45, 7) is 5.52. The minimum absolute atomic E-state index is 0.0388. The van der Waals surface area contributed by atoms with Crippen molar-refractivity contribution in [3.8, 4) is 0 Å². The van der Waals surface area contributed by atoms with Crippen LogP contribution in [-0.4, -0.2) is 11.4 Å². The maximum atomic E-state index is 10.7. The van der Waals surface area contributed by atoms with Gasteiger partial charge in [-0.3, -0.25) is 4.79 Å². The van der Waals surface area contributed by atoms with E-state index in [2.05, 4.69) is 12.2 Å². The van der Waals surface area contributed by atoms with Crippen LogP contribution < -0.4 is 5.32 Å². The van der Waals surface area contributed by atoms with Crippen molar-refractivity contribution >= 4 is 5.91 Å². The van der Waals surface area contributed by atoms with Gasteiger partial charge >= 0.3 is 0 Å². The first-order valence-corrected chi connectivity index (χ1v) is 3.76. The van der Waals surface area contributed by atoms with Crippen LogP contribution in [-0.2, 0) is 4.79 Å². The zero-order valence-electron chi connectivity index (χ0n) is 6.44. The van der Waals surface area contributed by atoms with Gasteiger partial charge in [0, 0.05) is 12.5 Å². The number of hydrogen-bond donors (Lipinski definition) is 1. The maximum absolute atomic E-state index is 10.7. The third kappa shape index (κ3) is 1.72. The van der Waals surface area contributed by atoms with Crippen LogP contribution in [0.1, 0.15) is 32.6 Å². The lowest BCUT2D eigenvalue weighted by atomic mass is 10.0. The van der Waals surface area contributed by atoms with Gasteiger partial charge in [-0.15, -0.1) is 0 Å². The molecule has 0 aromatic heterocycles. The molecule has 0 aromatic rings. The molecule has 2 nitrogen and oxygen atoms in total. The largest absolute Gasteiger partial charge is 0.351 e. The first-order valence-electron chi connectivity index (χ1n) is 3.76. The summed E-state index contributed by atoms with van der Waals surface area (Å²) in [5.74, 6) is 0.0388. The first-order chi connectivity index (χ1) is 4.62. The lowest BCUT2D eigenvalue weighted by Gasteiger charge is -2.23. The summed E-state index contributed by atoms with van der Waals surface area (Å²) < 4.78 is 0. The van der Waals surface area contributed by atoms with E-state index in [1.165, 1.54) is 12.8 Å². The van der Waals surface area contributed by atoms with E-state index in [9.17, 15) is 4.79 Å². The smallest absolute Gasteiger partial charge is 0.217 e. The Bertz CT molecular complexity index is 136. The second-order valence-corrected chi connectivity index (χ2v) is 3.17. The number of carbonyl (C=O) groups excluding carboxylic acids is 1. The molecule has 1 aliphatic rings. The van der Waals surface area contributed by atoms with Crippen LogP contribution in [0.25, 0.3) is 0 Å². The van der Waals surface area contributed by atoms with E-state index < -0.39 is 0 Å². The molecule has 1 N–H and O–H groups in total. The van der Waals surface area contributed by atoms with E-state index in [4.69, 9.17) is 0 Å². The molecule has 0 aromatic carbocycles. The van der Waals surface area contributed by atoms with Gasteiger partial charge in [-0.25, -0.2) is 0 Å².